The average Bonchev–Trinajstić information content (AvgIpc) is 2.93. The number of aromatic nitrogens is 2. The summed E-state index contributed by atoms with van der Waals surface area (Å²) >= 11 is 0. The molecule has 0 atom stereocenters. The first-order chi connectivity index (χ1) is 10.3. The van der Waals surface area contributed by atoms with E-state index in [0.29, 0.717) is 5.82 Å². The largest absolute Gasteiger partial charge is 0.445 e. The second-order valence-corrected chi connectivity index (χ2v) is 4.49. The molecule has 1 aromatic heterocycles. The van der Waals surface area contributed by atoms with Crippen LogP contribution in [-0.2, 0) is 4.74 Å². The molecule has 0 fully saturated rings. The minimum Gasteiger partial charge on any atom is -0.445 e. The van der Waals surface area contributed by atoms with Gasteiger partial charge in [0, 0.05) is 5.56 Å². The van der Waals surface area contributed by atoms with E-state index in [0.717, 1.165) is 16.6 Å². The van der Waals surface area contributed by atoms with Crippen molar-refractivity contribution in [3.8, 4) is 11.4 Å². The van der Waals surface area contributed by atoms with Gasteiger partial charge in [0.2, 0.25) is 0 Å². The molecule has 0 amide bonds. The van der Waals surface area contributed by atoms with Gasteiger partial charge in [0.05, 0.1) is 11.0 Å². The van der Waals surface area contributed by atoms with Gasteiger partial charge < -0.3 is 4.74 Å². The quantitative estimate of drug-likeness (QED) is 0.683. The molecule has 0 aliphatic rings. The van der Waals surface area contributed by atoms with E-state index in [2.05, 4.69) is 11.6 Å². The number of ether oxygens (including phenoxy) is 1. The Kier molecular flexibility index (Phi) is 3.51. The highest BCUT2D eigenvalue weighted by Crippen LogP contribution is 2.24. The van der Waals surface area contributed by atoms with Gasteiger partial charge in [-0.05, 0) is 12.1 Å². The van der Waals surface area contributed by atoms with Gasteiger partial charge in [0.25, 0.3) is 0 Å². The molecule has 2 aromatic carbocycles. The number of nitrogens with zero attached hydrogens (tertiary/aromatic N) is 2. The molecular weight excluding hydrogens is 264 g/mol. The lowest BCUT2D eigenvalue weighted by atomic mass is 10.2. The predicted molar refractivity (Wildman–Crippen MR) is 82.1 cm³/mol. The number of benzene rings is 2. The van der Waals surface area contributed by atoms with Gasteiger partial charge in [-0.15, -0.1) is 0 Å². The summed E-state index contributed by atoms with van der Waals surface area (Å²) in [4.78, 5) is 16.9. The summed E-state index contributed by atoms with van der Waals surface area (Å²) in [6.45, 7) is 3.72. The van der Waals surface area contributed by atoms with E-state index >= 15 is 0 Å². The normalized spacial score (nSPS) is 10.5. The van der Waals surface area contributed by atoms with Crippen molar-refractivity contribution < 1.29 is 9.53 Å². The Bertz CT molecular complexity index is 791. The maximum absolute atomic E-state index is 12.3. The van der Waals surface area contributed by atoms with Crippen molar-refractivity contribution in [2.24, 2.45) is 0 Å². The second kappa shape index (κ2) is 5.63. The molecule has 0 unspecified atom stereocenters. The Morgan fingerprint density at radius 3 is 2.62 bits per heavy atom. The third-order valence-electron chi connectivity index (χ3n) is 3.10. The summed E-state index contributed by atoms with van der Waals surface area (Å²) in [6, 6.07) is 17.1. The zero-order chi connectivity index (χ0) is 14.7. The van der Waals surface area contributed by atoms with Crippen LogP contribution in [0, 0.1) is 0 Å². The Labute approximate surface area is 122 Å². The molecular formula is C17H14N2O2. The molecule has 0 spiro atoms. The topological polar surface area (TPSA) is 44.1 Å². The molecule has 4 nitrogen and oxygen atoms in total. The standard InChI is InChI=1S/C17H14N2O2/c1-2-12-21-17(20)19-15-11-7-6-10-14(15)18-16(19)13-8-4-3-5-9-13/h2-11H,1,12H2. The predicted octanol–water partition coefficient (Wildman–Crippen LogP) is 3.87. The molecule has 0 radical (unpaired) electrons. The molecule has 4 heteroatoms. The lowest BCUT2D eigenvalue weighted by Gasteiger charge is -2.07. The van der Waals surface area contributed by atoms with Crippen LogP contribution in [0.3, 0.4) is 0 Å². The molecule has 0 N–H and O–H groups in total. The van der Waals surface area contributed by atoms with Crippen LogP contribution in [0.2, 0.25) is 0 Å². The van der Waals surface area contributed by atoms with Crippen molar-refractivity contribution in [3.05, 3.63) is 67.3 Å². The fourth-order valence-electron chi connectivity index (χ4n) is 2.19. The summed E-state index contributed by atoms with van der Waals surface area (Å²) in [5, 5.41) is 0. The summed E-state index contributed by atoms with van der Waals surface area (Å²) in [5.74, 6) is 0.575. The van der Waals surface area contributed by atoms with Crippen molar-refractivity contribution in [2.75, 3.05) is 6.61 Å². The maximum atomic E-state index is 12.3. The Balaban J connectivity index is 2.19. The lowest BCUT2D eigenvalue weighted by molar-refractivity contribution is 0.161. The highest BCUT2D eigenvalue weighted by atomic mass is 16.5. The van der Waals surface area contributed by atoms with E-state index in [1.165, 1.54) is 4.57 Å². The molecule has 21 heavy (non-hydrogen) atoms. The zero-order valence-electron chi connectivity index (χ0n) is 11.4. The first-order valence-electron chi connectivity index (χ1n) is 6.62. The number of rotatable bonds is 3. The van der Waals surface area contributed by atoms with Crippen LogP contribution in [0.5, 0.6) is 0 Å². The van der Waals surface area contributed by atoms with Gasteiger partial charge in [-0.2, -0.15) is 0 Å². The Hall–Kier alpha value is -2.88. The van der Waals surface area contributed by atoms with E-state index < -0.39 is 6.09 Å². The first-order valence-corrected chi connectivity index (χ1v) is 6.62. The number of fused-ring (bicyclic) bond motifs is 1. The van der Waals surface area contributed by atoms with Gasteiger partial charge in [-0.3, -0.25) is 0 Å². The smallest absolute Gasteiger partial charge is 0.420 e. The number of imidazole rings is 1. The first kappa shape index (κ1) is 13.1. The van der Waals surface area contributed by atoms with E-state index in [-0.39, 0.29) is 6.61 Å². The molecule has 0 aliphatic heterocycles. The molecule has 3 rings (SSSR count). The van der Waals surface area contributed by atoms with Gasteiger partial charge >= 0.3 is 6.09 Å². The van der Waals surface area contributed by atoms with Crippen LogP contribution in [0.1, 0.15) is 0 Å². The van der Waals surface area contributed by atoms with Crippen molar-refractivity contribution >= 4 is 17.1 Å². The SMILES string of the molecule is C=CCOC(=O)n1c(-c2ccccc2)nc2ccccc21. The molecule has 0 aliphatic carbocycles. The lowest BCUT2D eigenvalue weighted by Crippen LogP contribution is -2.15. The van der Waals surface area contributed by atoms with Gasteiger partial charge in [-0.25, -0.2) is 14.3 Å². The summed E-state index contributed by atoms with van der Waals surface area (Å²) in [5.41, 5.74) is 2.35. The number of hydrogen-bond donors (Lipinski definition) is 0. The second-order valence-electron chi connectivity index (χ2n) is 4.49. The van der Waals surface area contributed by atoms with Crippen LogP contribution in [-0.4, -0.2) is 22.3 Å². The summed E-state index contributed by atoms with van der Waals surface area (Å²) < 4.78 is 6.67. The number of hydrogen-bond acceptors (Lipinski definition) is 3. The molecule has 0 bridgehead atoms. The number of para-hydroxylation sites is 2. The summed E-state index contributed by atoms with van der Waals surface area (Å²) in [6.07, 6.45) is 1.08. The maximum Gasteiger partial charge on any atom is 0.420 e. The van der Waals surface area contributed by atoms with Gasteiger partial charge in [0.1, 0.15) is 6.61 Å². The van der Waals surface area contributed by atoms with Crippen molar-refractivity contribution in [3.63, 3.8) is 0 Å². The molecule has 0 saturated carbocycles. The monoisotopic (exact) mass is 278 g/mol. The van der Waals surface area contributed by atoms with Crippen molar-refractivity contribution in [1.29, 1.82) is 0 Å². The molecule has 104 valence electrons. The van der Waals surface area contributed by atoms with Crippen molar-refractivity contribution in [1.82, 2.24) is 9.55 Å². The van der Waals surface area contributed by atoms with E-state index in [4.69, 9.17) is 4.74 Å². The summed E-state index contributed by atoms with van der Waals surface area (Å²) in [7, 11) is 0. The highest BCUT2D eigenvalue weighted by Gasteiger charge is 2.18. The highest BCUT2D eigenvalue weighted by molar-refractivity contribution is 5.91. The molecule has 3 aromatic rings. The van der Waals surface area contributed by atoms with Crippen LogP contribution in [0.4, 0.5) is 4.79 Å². The van der Waals surface area contributed by atoms with Gasteiger partial charge in [-0.1, -0.05) is 55.1 Å². The third-order valence-corrected chi connectivity index (χ3v) is 3.10. The van der Waals surface area contributed by atoms with Gasteiger partial charge in [0.15, 0.2) is 5.82 Å². The number of carbonyl (C=O) groups is 1. The minimum atomic E-state index is -0.456. The Morgan fingerprint density at radius 2 is 1.86 bits per heavy atom. The van der Waals surface area contributed by atoms with Crippen LogP contribution in [0.15, 0.2) is 67.3 Å². The zero-order valence-corrected chi connectivity index (χ0v) is 11.4. The van der Waals surface area contributed by atoms with E-state index in [1.54, 1.807) is 6.08 Å². The van der Waals surface area contributed by atoms with Crippen LogP contribution < -0.4 is 0 Å². The van der Waals surface area contributed by atoms with Crippen molar-refractivity contribution in [2.45, 2.75) is 0 Å². The fraction of sp³-hybridized carbons (Fsp3) is 0.0588. The number of carbonyl (C=O) groups excluding carboxylic acids is 1. The molecule has 1 heterocycles. The third kappa shape index (κ3) is 2.43. The van der Waals surface area contributed by atoms with Crippen LogP contribution >= 0.6 is 0 Å². The van der Waals surface area contributed by atoms with E-state index in [9.17, 15) is 4.79 Å². The minimum absolute atomic E-state index is 0.166. The van der Waals surface area contributed by atoms with E-state index in [1.807, 2.05) is 54.6 Å². The fourth-order valence-corrected chi connectivity index (χ4v) is 2.19. The van der Waals surface area contributed by atoms with Crippen LogP contribution in [0.25, 0.3) is 22.4 Å². The Morgan fingerprint density at radius 1 is 1.14 bits per heavy atom. The average molecular weight is 278 g/mol. The molecule has 0 saturated heterocycles.